The molecule has 1 heteroatoms. The highest BCUT2D eigenvalue weighted by molar-refractivity contribution is 5.98. The fourth-order valence-corrected chi connectivity index (χ4v) is 10.7. The van der Waals surface area contributed by atoms with Crippen LogP contribution in [0.5, 0.6) is 0 Å². The van der Waals surface area contributed by atoms with Crippen LogP contribution in [0, 0.1) is 0 Å². The zero-order valence-corrected chi connectivity index (χ0v) is 37.6. The van der Waals surface area contributed by atoms with Gasteiger partial charge in [0.25, 0.3) is 0 Å². The maximum atomic E-state index is 2.46. The lowest BCUT2D eigenvalue weighted by Gasteiger charge is -2.34. The summed E-state index contributed by atoms with van der Waals surface area (Å²) in [6.07, 6.45) is 0. The molecule has 0 spiro atoms. The van der Waals surface area contributed by atoms with Crippen LogP contribution in [0.15, 0.2) is 285 Å². The van der Waals surface area contributed by atoms with Gasteiger partial charge in [-0.1, -0.05) is 255 Å². The molecule has 68 heavy (non-hydrogen) atoms. The molecule has 1 aliphatic carbocycles. The van der Waals surface area contributed by atoms with Gasteiger partial charge >= 0.3 is 0 Å². The van der Waals surface area contributed by atoms with E-state index < -0.39 is 5.41 Å². The highest BCUT2D eigenvalue weighted by atomic mass is 15.1. The molecule has 1 nitrogen and oxygen atoms in total. The number of anilines is 3. The summed E-state index contributed by atoms with van der Waals surface area (Å²) in [5.41, 5.74) is 22.2. The third-order valence-corrected chi connectivity index (χ3v) is 13.8. The van der Waals surface area contributed by atoms with Gasteiger partial charge in [0, 0.05) is 16.9 Å². The van der Waals surface area contributed by atoms with Gasteiger partial charge in [0.05, 0.1) is 11.1 Å². The van der Waals surface area contributed by atoms with Gasteiger partial charge in [0.15, 0.2) is 0 Å². The zero-order chi connectivity index (χ0) is 45.3. The summed E-state index contributed by atoms with van der Waals surface area (Å²) in [5.74, 6) is 0. The molecule has 0 aromatic heterocycles. The molecule has 0 unspecified atom stereocenters. The summed E-state index contributed by atoms with van der Waals surface area (Å²) in [5, 5.41) is 0. The molecule has 12 rings (SSSR count). The Kier molecular flexibility index (Phi) is 10.5. The third kappa shape index (κ3) is 7.05. The Morgan fingerprint density at radius 3 is 1.16 bits per heavy atom. The van der Waals surface area contributed by atoms with Gasteiger partial charge in [-0.2, -0.15) is 0 Å². The van der Waals surface area contributed by atoms with Crippen LogP contribution in [0.1, 0.15) is 22.3 Å². The van der Waals surface area contributed by atoms with Crippen LogP contribution in [0.4, 0.5) is 17.1 Å². The Morgan fingerprint density at radius 2 is 0.588 bits per heavy atom. The van der Waals surface area contributed by atoms with E-state index in [9.17, 15) is 0 Å². The molecule has 0 aliphatic heterocycles. The SMILES string of the molecule is c1ccc(-c2ccc(-c3ccc(N(c4ccc5c(c4)-c4ccccc4C5(c4ccccc4)c4ccccc4)c4ccccc4-c4ccccc4-c4ccccc4-c4ccccc4)cc3)cc2)cc1. The predicted molar refractivity (Wildman–Crippen MR) is 286 cm³/mol. The number of nitrogens with zero attached hydrogens (tertiary/aromatic N) is 1. The molecule has 0 amide bonds. The Morgan fingerprint density at radius 1 is 0.221 bits per heavy atom. The molecule has 0 bridgehead atoms. The predicted octanol–water partition coefficient (Wildman–Crippen LogP) is 17.9. The molecule has 1 aliphatic rings. The summed E-state index contributed by atoms with van der Waals surface area (Å²) < 4.78 is 0. The lowest BCUT2D eigenvalue weighted by Crippen LogP contribution is -2.28. The first kappa shape index (κ1) is 40.7. The average Bonchev–Trinajstić information content (AvgIpc) is 3.73. The Labute approximate surface area is 399 Å². The van der Waals surface area contributed by atoms with Crippen molar-refractivity contribution in [3.05, 3.63) is 307 Å². The molecular formula is C67H47N. The van der Waals surface area contributed by atoms with Crippen LogP contribution in [0.3, 0.4) is 0 Å². The molecule has 320 valence electrons. The van der Waals surface area contributed by atoms with Crippen molar-refractivity contribution in [1.82, 2.24) is 0 Å². The number of benzene rings is 11. The van der Waals surface area contributed by atoms with Gasteiger partial charge in [-0.25, -0.2) is 0 Å². The van der Waals surface area contributed by atoms with Crippen LogP contribution in [0.2, 0.25) is 0 Å². The van der Waals surface area contributed by atoms with Crippen LogP contribution in [-0.4, -0.2) is 0 Å². The minimum absolute atomic E-state index is 0.488. The van der Waals surface area contributed by atoms with Crippen molar-refractivity contribution in [3.63, 3.8) is 0 Å². The molecule has 0 saturated heterocycles. The second-order valence-electron chi connectivity index (χ2n) is 17.6. The minimum atomic E-state index is -0.488. The molecule has 11 aromatic rings. The summed E-state index contributed by atoms with van der Waals surface area (Å²) >= 11 is 0. The van der Waals surface area contributed by atoms with E-state index in [4.69, 9.17) is 0 Å². The van der Waals surface area contributed by atoms with Gasteiger partial charge in [0.1, 0.15) is 0 Å². The number of para-hydroxylation sites is 1. The molecule has 0 radical (unpaired) electrons. The fraction of sp³-hybridized carbons (Fsp3) is 0.0149. The molecule has 0 fully saturated rings. The van der Waals surface area contributed by atoms with Gasteiger partial charge in [-0.05, 0) is 114 Å². The first-order valence-electron chi connectivity index (χ1n) is 23.5. The number of rotatable bonds is 10. The van der Waals surface area contributed by atoms with Crippen LogP contribution < -0.4 is 4.90 Å². The van der Waals surface area contributed by atoms with E-state index in [0.29, 0.717) is 0 Å². The topological polar surface area (TPSA) is 3.24 Å². The maximum absolute atomic E-state index is 2.46. The third-order valence-electron chi connectivity index (χ3n) is 13.8. The van der Waals surface area contributed by atoms with Crippen molar-refractivity contribution in [2.75, 3.05) is 4.90 Å². The summed E-state index contributed by atoms with van der Waals surface area (Å²) in [6, 6.07) is 104. The molecular weight excluding hydrogens is 819 g/mol. The monoisotopic (exact) mass is 865 g/mol. The van der Waals surface area contributed by atoms with E-state index in [1.165, 1.54) is 83.5 Å². The Balaban J connectivity index is 1.05. The van der Waals surface area contributed by atoms with E-state index in [1.807, 2.05) is 0 Å². The van der Waals surface area contributed by atoms with Gasteiger partial charge in [-0.15, -0.1) is 0 Å². The highest BCUT2D eigenvalue weighted by Gasteiger charge is 2.46. The maximum Gasteiger partial charge on any atom is 0.0713 e. The summed E-state index contributed by atoms with van der Waals surface area (Å²) in [7, 11) is 0. The number of hydrogen-bond donors (Lipinski definition) is 0. The van der Waals surface area contributed by atoms with Crippen molar-refractivity contribution < 1.29 is 0 Å². The minimum Gasteiger partial charge on any atom is -0.310 e. The van der Waals surface area contributed by atoms with Crippen LogP contribution >= 0.6 is 0 Å². The second-order valence-corrected chi connectivity index (χ2v) is 17.6. The normalized spacial score (nSPS) is 12.2. The van der Waals surface area contributed by atoms with Crippen molar-refractivity contribution in [2.24, 2.45) is 0 Å². The zero-order valence-electron chi connectivity index (χ0n) is 37.6. The second kappa shape index (κ2) is 17.5. The van der Waals surface area contributed by atoms with Gasteiger partial charge < -0.3 is 4.90 Å². The Bertz CT molecular complexity index is 3480. The molecule has 11 aromatic carbocycles. The first-order valence-corrected chi connectivity index (χ1v) is 23.5. The van der Waals surface area contributed by atoms with Gasteiger partial charge in [-0.3, -0.25) is 0 Å². The average molecular weight is 866 g/mol. The van der Waals surface area contributed by atoms with Crippen molar-refractivity contribution in [3.8, 4) is 66.8 Å². The van der Waals surface area contributed by atoms with E-state index >= 15 is 0 Å². The van der Waals surface area contributed by atoms with Crippen molar-refractivity contribution >= 4 is 17.1 Å². The van der Waals surface area contributed by atoms with Crippen molar-refractivity contribution in [1.29, 1.82) is 0 Å². The molecule has 0 atom stereocenters. The smallest absolute Gasteiger partial charge is 0.0713 e. The van der Waals surface area contributed by atoms with E-state index in [1.54, 1.807) is 0 Å². The molecule has 0 N–H and O–H groups in total. The fourth-order valence-electron chi connectivity index (χ4n) is 10.7. The molecule has 0 saturated carbocycles. The van der Waals surface area contributed by atoms with Crippen molar-refractivity contribution in [2.45, 2.75) is 5.41 Å². The first-order chi connectivity index (χ1) is 33.8. The van der Waals surface area contributed by atoms with E-state index in [0.717, 1.165) is 22.6 Å². The Hall–Kier alpha value is -8.78. The van der Waals surface area contributed by atoms with Gasteiger partial charge in [0.2, 0.25) is 0 Å². The standard InChI is InChI=1S/C67H47N/c1-5-21-48(22-6-1)49-37-39-50(40-38-49)51-41-43-55(44-42-51)68(66-36-20-18-34-62(66)60-32-16-15-31-59(60)58-30-14-13-29-57(58)52-23-7-2-8-24-52)56-45-46-65-63(47-56)61-33-17-19-35-64(61)67(65,53-25-9-3-10-26-53)54-27-11-4-12-28-54/h1-47H. The highest BCUT2D eigenvalue weighted by Crippen LogP contribution is 2.57. The summed E-state index contributed by atoms with van der Waals surface area (Å²) in [6.45, 7) is 0. The quantitative estimate of drug-likeness (QED) is 0.132. The largest absolute Gasteiger partial charge is 0.310 e. The lowest BCUT2D eigenvalue weighted by atomic mass is 9.68. The lowest BCUT2D eigenvalue weighted by molar-refractivity contribution is 0.768. The van der Waals surface area contributed by atoms with E-state index in [-0.39, 0.29) is 0 Å². The van der Waals surface area contributed by atoms with E-state index in [2.05, 4.69) is 290 Å². The van der Waals surface area contributed by atoms with Crippen LogP contribution in [0.25, 0.3) is 66.8 Å². The number of fused-ring (bicyclic) bond motifs is 3. The van der Waals surface area contributed by atoms with Crippen LogP contribution in [-0.2, 0) is 5.41 Å². The number of hydrogen-bond acceptors (Lipinski definition) is 1. The molecule has 0 heterocycles. The summed E-state index contributed by atoms with van der Waals surface area (Å²) in [4.78, 5) is 2.46.